The fraction of sp³-hybridized carbons (Fsp3) is 0.500. The van der Waals surface area contributed by atoms with Gasteiger partial charge in [0.1, 0.15) is 6.04 Å². The Labute approximate surface area is 128 Å². The molecule has 1 aromatic carbocycles. The average molecular weight is 343 g/mol. The minimum Gasteiger partial charge on any atom is -0.480 e. The molecule has 0 aliphatic carbocycles. The molecule has 0 amide bonds. The molecule has 1 atom stereocenters. The minimum absolute atomic E-state index is 0.0284. The predicted molar refractivity (Wildman–Crippen MR) is 69.5 cm³/mol. The van der Waals surface area contributed by atoms with Gasteiger partial charge in [-0.3, -0.25) is 4.79 Å². The zero-order valence-electron chi connectivity index (χ0n) is 12.2. The Bertz CT molecular complexity index is 533. The Morgan fingerprint density at radius 1 is 1.04 bits per heavy atom. The molecule has 3 nitrogen and oxygen atoms in total. The Kier molecular flexibility index (Phi) is 5.68. The number of hydrogen-bond donors (Lipinski definition) is 2. The van der Waals surface area contributed by atoms with Crippen molar-refractivity contribution in [1.82, 2.24) is 5.32 Å². The van der Waals surface area contributed by atoms with Crippen molar-refractivity contribution < 1.29 is 36.2 Å². The molecule has 23 heavy (non-hydrogen) atoms. The number of nitrogens with one attached hydrogen (secondary N) is 1. The molecule has 0 aliphatic rings. The summed E-state index contributed by atoms with van der Waals surface area (Å²) in [5.41, 5.74) is -3.15. The van der Waals surface area contributed by atoms with Gasteiger partial charge in [-0.2, -0.15) is 26.3 Å². The van der Waals surface area contributed by atoms with Crippen LogP contribution in [0, 0.1) is 5.92 Å². The summed E-state index contributed by atoms with van der Waals surface area (Å²) in [7, 11) is 0. The van der Waals surface area contributed by atoms with Crippen LogP contribution in [0.15, 0.2) is 18.2 Å². The summed E-state index contributed by atoms with van der Waals surface area (Å²) in [6.45, 7) is 2.71. The number of aliphatic carboxylic acids is 1. The predicted octanol–water partition coefficient (Wildman–Crippen LogP) is 3.92. The van der Waals surface area contributed by atoms with Gasteiger partial charge in [0.05, 0.1) is 11.1 Å². The minimum atomic E-state index is -4.93. The van der Waals surface area contributed by atoms with E-state index in [1.807, 2.05) is 0 Å². The maximum atomic E-state index is 12.7. The van der Waals surface area contributed by atoms with Gasteiger partial charge in [-0.25, -0.2) is 0 Å². The highest BCUT2D eigenvalue weighted by molar-refractivity contribution is 5.73. The number of rotatable bonds is 5. The summed E-state index contributed by atoms with van der Waals surface area (Å²) >= 11 is 0. The van der Waals surface area contributed by atoms with Crippen molar-refractivity contribution in [3.63, 3.8) is 0 Å². The van der Waals surface area contributed by atoms with Crippen molar-refractivity contribution >= 4 is 5.97 Å². The van der Waals surface area contributed by atoms with Gasteiger partial charge in [0.2, 0.25) is 0 Å². The molecule has 0 saturated heterocycles. The first-order chi connectivity index (χ1) is 10.3. The topological polar surface area (TPSA) is 49.3 Å². The number of carboxylic acids is 1. The van der Waals surface area contributed by atoms with Crippen LogP contribution >= 0.6 is 0 Å². The Morgan fingerprint density at radius 2 is 1.48 bits per heavy atom. The highest BCUT2D eigenvalue weighted by Crippen LogP contribution is 2.36. The molecule has 0 aliphatic heterocycles. The second-order valence-electron chi connectivity index (χ2n) is 5.35. The van der Waals surface area contributed by atoms with E-state index in [1.165, 1.54) is 0 Å². The first-order valence-corrected chi connectivity index (χ1v) is 6.57. The average Bonchev–Trinajstić information content (AvgIpc) is 2.35. The van der Waals surface area contributed by atoms with Gasteiger partial charge in [0.15, 0.2) is 0 Å². The fourth-order valence-electron chi connectivity index (χ4n) is 1.96. The van der Waals surface area contributed by atoms with E-state index in [0.717, 1.165) is 0 Å². The third-order valence-electron chi connectivity index (χ3n) is 3.11. The highest BCUT2D eigenvalue weighted by atomic mass is 19.4. The van der Waals surface area contributed by atoms with E-state index in [2.05, 4.69) is 5.32 Å². The molecule has 0 radical (unpaired) electrons. The highest BCUT2D eigenvalue weighted by Gasteiger charge is 2.37. The molecule has 1 aromatic rings. The van der Waals surface area contributed by atoms with Gasteiger partial charge in [-0.05, 0) is 29.7 Å². The van der Waals surface area contributed by atoms with Gasteiger partial charge in [-0.1, -0.05) is 13.8 Å². The molecule has 0 heterocycles. The van der Waals surface area contributed by atoms with Crippen LogP contribution in [-0.2, 0) is 23.7 Å². The number of halogens is 6. The molecular formula is C14H15F6NO2. The van der Waals surface area contributed by atoms with E-state index in [-0.39, 0.29) is 17.5 Å². The second-order valence-corrected chi connectivity index (χ2v) is 5.35. The van der Waals surface area contributed by atoms with Crippen molar-refractivity contribution in [2.45, 2.75) is 38.8 Å². The van der Waals surface area contributed by atoms with Gasteiger partial charge >= 0.3 is 18.3 Å². The molecule has 0 spiro atoms. The third-order valence-corrected chi connectivity index (χ3v) is 3.11. The Hall–Kier alpha value is -1.77. The summed E-state index contributed by atoms with van der Waals surface area (Å²) in [5, 5.41) is 11.4. The van der Waals surface area contributed by atoms with E-state index < -0.39 is 42.0 Å². The van der Waals surface area contributed by atoms with E-state index in [9.17, 15) is 31.1 Å². The van der Waals surface area contributed by atoms with Gasteiger partial charge in [-0.15, -0.1) is 0 Å². The van der Waals surface area contributed by atoms with Crippen LogP contribution in [0.3, 0.4) is 0 Å². The lowest BCUT2D eigenvalue weighted by atomic mass is 10.0. The lowest BCUT2D eigenvalue weighted by molar-refractivity contribution is -0.144. The van der Waals surface area contributed by atoms with E-state index in [4.69, 9.17) is 5.11 Å². The summed E-state index contributed by atoms with van der Waals surface area (Å²) < 4.78 is 76.3. The molecule has 0 bridgehead atoms. The zero-order valence-corrected chi connectivity index (χ0v) is 12.2. The van der Waals surface area contributed by atoms with Crippen molar-refractivity contribution in [3.05, 3.63) is 34.9 Å². The van der Waals surface area contributed by atoms with Crippen LogP contribution < -0.4 is 5.32 Å². The molecular weight excluding hydrogens is 328 g/mol. The monoisotopic (exact) mass is 343 g/mol. The normalized spacial score (nSPS) is 14.1. The fourth-order valence-corrected chi connectivity index (χ4v) is 1.96. The van der Waals surface area contributed by atoms with Gasteiger partial charge in [0, 0.05) is 6.54 Å². The number of hydrogen-bond acceptors (Lipinski definition) is 2. The lowest BCUT2D eigenvalue weighted by Crippen LogP contribution is -2.40. The SMILES string of the molecule is CC(C)[C@H](NCc1cc(C(F)(F)F)cc(C(F)(F)F)c1)C(=O)O. The molecule has 0 unspecified atom stereocenters. The number of benzene rings is 1. The zero-order chi connectivity index (χ0) is 18.0. The summed E-state index contributed by atoms with van der Waals surface area (Å²) in [4.78, 5) is 11.0. The van der Waals surface area contributed by atoms with Crippen molar-refractivity contribution in [3.8, 4) is 0 Å². The molecule has 130 valence electrons. The van der Waals surface area contributed by atoms with Crippen LogP contribution in [0.25, 0.3) is 0 Å². The maximum absolute atomic E-state index is 12.7. The van der Waals surface area contributed by atoms with Crippen LogP contribution in [0.5, 0.6) is 0 Å². The largest absolute Gasteiger partial charge is 0.480 e. The molecule has 0 saturated carbocycles. The Balaban J connectivity index is 3.13. The lowest BCUT2D eigenvalue weighted by Gasteiger charge is -2.19. The van der Waals surface area contributed by atoms with Crippen molar-refractivity contribution in [2.75, 3.05) is 0 Å². The van der Waals surface area contributed by atoms with Crippen LogP contribution in [0.2, 0.25) is 0 Å². The Morgan fingerprint density at radius 3 is 1.78 bits per heavy atom. The van der Waals surface area contributed by atoms with E-state index >= 15 is 0 Å². The quantitative estimate of drug-likeness (QED) is 0.797. The second kappa shape index (κ2) is 6.77. The molecule has 2 N–H and O–H groups in total. The summed E-state index contributed by atoms with van der Waals surface area (Å²) in [6.07, 6.45) is -9.86. The molecule has 0 aromatic heterocycles. The number of carboxylic acid groups (broad SMARTS) is 1. The van der Waals surface area contributed by atoms with Crippen LogP contribution in [-0.4, -0.2) is 17.1 Å². The molecule has 9 heteroatoms. The van der Waals surface area contributed by atoms with E-state index in [1.54, 1.807) is 13.8 Å². The van der Waals surface area contributed by atoms with Crippen molar-refractivity contribution in [2.24, 2.45) is 5.92 Å². The first kappa shape index (κ1) is 19.3. The van der Waals surface area contributed by atoms with Crippen molar-refractivity contribution in [1.29, 1.82) is 0 Å². The smallest absolute Gasteiger partial charge is 0.416 e. The van der Waals surface area contributed by atoms with Crippen LogP contribution in [0.4, 0.5) is 26.3 Å². The van der Waals surface area contributed by atoms with Gasteiger partial charge in [0.25, 0.3) is 0 Å². The molecule has 0 fully saturated rings. The first-order valence-electron chi connectivity index (χ1n) is 6.57. The third kappa shape index (κ3) is 5.42. The summed E-state index contributed by atoms with van der Waals surface area (Å²) in [5.74, 6) is -1.62. The molecule has 1 rings (SSSR count). The van der Waals surface area contributed by atoms with Gasteiger partial charge < -0.3 is 10.4 Å². The van der Waals surface area contributed by atoms with E-state index in [0.29, 0.717) is 12.1 Å². The standard InChI is InChI=1S/C14H15F6NO2/c1-7(2)11(12(22)23)21-6-8-3-9(13(15,16)17)5-10(4-8)14(18,19)20/h3-5,7,11,21H,6H2,1-2H3,(H,22,23)/t11-/m0/s1. The summed E-state index contributed by atoms with van der Waals surface area (Å²) in [6, 6.07) is 0.0858. The van der Waals surface area contributed by atoms with Crippen LogP contribution in [0.1, 0.15) is 30.5 Å². The maximum Gasteiger partial charge on any atom is 0.416 e. The number of alkyl halides is 6. The number of carbonyl (C=O) groups is 1.